The number of aromatic nitrogens is 1. The summed E-state index contributed by atoms with van der Waals surface area (Å²) in [6.45, 7) is 0.511. The number of fused-ring (bicyclic) bond motifs is 2. The zero-order valence-electron chi connectivity index (χ0n) is 17.2. The highest BCUT2D eigenvalue weighted by Gasteiger charge is 2.18. The number of aryl methyl sites for hydroxylation is 1. The summed E-state index contributed by atoms with van der Waals surface area (Å²) in [7, 11) is 0. The fraction of sp³-hybridized carbons (Fsp3) is 0.115. The molecule has 0 aliphatic heterocycles. The van der Waals surface area contributed by atoms with Gasteiger partial charge in [-0.15, -0.1) is 0 Å². The number of para-hydroxylation sites is 1. The fourth-order valence-corrected chi connectivity index (χ4v) is 4.74. The van der Waals surface area contributed by atoms with Crippen LogP contribution in [0.25, 0.3) is 32.8 Å². The van der Waals surface area contributed by atoms with Crippen molar-refractivity contribution < 1.29 is 19.4 Å². The molecule has 0 fully saturated rings. The average Bonchev–Trinajstić information content (AvgIpc) is 3.45. The standard InChI is InChI=1S/C26H21NO4S/c28-26(29)31-25-22(21-10-4-9-20(24(21)27-25)18-13-15-32-16-18)11-5-14-30-23-12-3-7-17-6-1-2-8-19(17)23/h1-4,6-10,12-13,15-16,27H,5,11,14H2,(H,28,29). The number of nitrogens with one attached hydrogen (secondary N) is 1. The molecule has 2 N–H and O–H groups in total. The summed E-state index contributed by atoms with van der Waals surface area (Å²) in [4.78, 5) is 14.5. The van der Waals surface area contributed by atoms with Crippen molar-refractivity contribution in [1.82, 2.24) is 4.98 Å². The highest BCUT2D eigenvalue weighted by atomic mass is 32.1. The molecule has 0 amide bonds. The summed E-state index contributed by atoms with van der Waals surface area (Å²) in [5, 5.41) is 16.5. The Morgan fingerprint density at radius 2 is 1.78 bits per heavy atom. The Labute approximate surface area is 188 Å². The maximum Gasteiger partial charge on any atom is 0.512 e. The smallest absolute Gasteiger partial charge is 0.493 e. The molecular weight excluding hydrogens is 422 g/mol. The van der Waals surface area contributed by atoms with E-state index < -0.39 is 6.16 Å². The minimum atomic E-state index is -1.33. The number of benzene rings is 3. The van der Waals surface area contributed by atoms with E-state index in [-0.39, 0.29) is 5.88 Å². The van der Waals surface area contributed by atoms with Gasteiger partial charge >= 0.3 is 6.16 Å². The largest absolute Gasteiger partial charge is 0.512 e. The van der Waals surface area contributed by atoms with Gasteiger partial charge in [0.2, 0.25) is 5.88 Å². The molecule has 0 atom stereocenters. The van der Waals surface area contributed by atoms with Crippen molar-refractivity contribution >= 4 is 39.2 Å². The number of carboxylic acid groups (broad SMARTS) is 1. The van der Waals surface area contributed by atoms with Gasteiger partial charge in [0.05, 0.1) is 12.1 Å². The second kappa shape index (κ2) is 8.77. The predicted molar refractivity (Wildman–Crippen MR) is 128 cm³/mol. The summed E-state index contributed by atoms with van der Waals surface area (Å²) in [6.07, 6.45) is 0.0110. The zero-order valence-corrected chi connectivity index (χ0v) is 18.0. The van der Waals surface area contributed by atoms with Crippen molar-refractivity contribution in [3.05, 3.63) is 83.1 Å². The van der Waals surface area contributed by atoms with Crippen molar-refractivity contribution in [2.75, 3.05) is 6.61 Å². The third-order valence-corrected chi connectivity index (χ3v) is 6.19. The summed E-state index contributed by atoms with van der Waals surface area (Å²) in [6, 6.07) is 22.2. The van der Waals surface area contributed by atoms with Crippen LogP contribution in [-0.2, 0) is 6.42 Å². The third kappa shape index (κ3) is 3.92. The van der Waals surface area contributed by atoms with Gasteiger partial charge in [0.25, 0.3) is 0 Å². The summed E-state index contributed by atoms with van der Waals surface area (Å²) in [5.41, 5.74) is 3.85. The number of hydrogen-bond donors (Lipinski definition) is 2. The molecule has 2 heterocycles. The molecule has 32 heavy (non-hydrogen) atoms. The van der Waals surface area contributed by atoms with Gasteiger partial charge in [0.1, 0.15) is 5.75 Å². The second-order valence-electron chi connectivity index (χ2n) is 7.47. The van der Waals surface area contributed by atoms with Crippen molar-refractivity contribution in [3.8, 4) is 22.8 Å². The fourth-order valence-electron chi connectivity index (χ4n) is 4.08. The maximum atomic E-state index is 11.3. The molecule has 0 saturated heterocycles. The first-order valence-corrected chi connectivity index (χ1v) is 11.3. The molecule has 0 bridgehead atoms. The Bertz CT molecular complexity index is 1380. The zero-order chi connectivity index (χ0) is 21.9. The SMILES string of the molecule is O=C(O)Oc1[nH]c2c(-c3ccsc3)cccc2c1CCCOc1cccc2ccccc12. The molecule has 0 aliphatic carbocycles. The first-order chi connectivity index (χ1) is 15.7. The van der Waals surface area contributed by atoms with E-state index in [4.69, 9.17) is 9.47 Å². The van der Waals surface area contributed by atoms with E-state index in [1.807, 2.05) is 47.8 Å². The lowest BCUT2D eigenvalue weighted by Gasteiger charge is -2.09. The van der Waals surface area contributed by atoms with Crippen LogP contribution in [0.2, 0.25) is 0 Å². The van der Waals surface area contributed by atoms with E-state index in [9.17, 15) is 9.90 Å². The number of ether oxygens (including phenoxy) is 2. The average molecular weight is 444 g/mol. The van der Waals surface area contributed by atoms with Crippen LogP contribution in [0.15, 0.2) is 77.5 Å². The van der Waals surface area contributed by atoms with Crippen molar-refractivity contribution in [2.24, 2.45) is 0 Å². The van der Waals surface area contributed by atoms with Crippen LogP contribution < -0.4 is 9.47 Å². The van der Waals surface area contributed by atoms with Gasteiger partial charge in [-0.1, -0.05) is 54.6 Å². The van der Waals surface area contributed by atoms with Crippen LogP contribution in [0.1, 0.15) is 12.0 Å². The lowest BCUT2D eigenvalue weighted by molar-refractivity contribution is 0.142. The Morgan fingerprint density at radius 1 is 0.969 bits per heavy atom. The Hall–Kier alpha value is -3.77. The van der Waals surface area contributed by atoms with Crippen LogP contribution in [-0.4, -0.2) is 22.9 Å². The van der Waals surface area contributed by atoms with E-state index in [0.29, 0.717) is 13.0 Å². The van der Waals surface area contributed by atoms with Gasteiger partial charge in [-0.25, -0.2) is 4.79 Å². The van der Waals surface area contributed by atoms with E-state index in [2.05, 4.69) is 34.6 Å². The minimum Gasteiger partial charge on any atom is -0.493 e. The summed E-state index contributed by atoms with van der Waals surface area (Å²) < 4.78 is 11.2. The number of thiophene rings is 1. The molecule has 5 rings (SSSR count). The molecule has 0 aliphatic rings. The van der Waals surface area contributed by atoms with Gasteiger partial charge in [-0.3, -0.25) is 0 Å². The highest BCUT2D eigenvalue weighted by molar-refractivity contribution is 7.08. The van der Waals surface area contributed by atoms with Crippen LogP contribution in [0.5, 0.6) is 11.6 Å². The molecule has 3 aromatic carbocycles. The summed E-state index contributed by atoms with van der Waals surface area (Å²) >= 11 is 1.62. The minimum absolute atomic E-state index is 0.278. The van der Waals surface area contributed by atoms with Gasteiger partial charge in [0, 0.05) is 21.9 Å². The van der Waals surface area contributed by atoms with Crippen LogP contribution >= 0.6 is 11.3 Å². The van der Waals surface area contributed by atoms with Crippen molar-refractivity contribution in [1.29, 1.82) is 0 Å². The van der Waals surface area contributed by atoms with Crippen LogP contribution in [0.4, 0.5) is 4.79 Å². The topological polar surface area (TPSA) is 71.5 Å². The lowest BCUT2D eigenvalue weighted by Crippen LogP contribution is -2.06. The lowest BCUT2D eigenvalue weighted by atomic mass is 10.0. The number of carbonyl (C=O) groups is 1. The third-order valence-electron chi connectivity index (χ3n) is 5.50. The predicted octanol–water partition coefficient (Wildman–Crippen LogP) is 7.12. The van der Waals surface area contributed by atoms with E-state index in [1.165, 1.54) is 0 Å². The molecule has 2 aromatic heterocycles. The molecule has 0 spiro atoms. The van der Waals surface area contributed by atoms with Gasteiger partial charge in [0.15, 0.2) is 0 Å². The first kappa shape index (κ1) is 20.2. The van der Waals surface area contributed by atoms with Crippen molar-refractivity contribution in [3.63, 3.8) is 0 Å². The van der Waals surface area contributed by atoms with E-state index >= 15 is 0 Å². The van der Waals surface area contributed by atoms with Gasteiger partial charge in [-0.05, 0) is 46.7 Å². The molecule has 5 nitrogen and oxygen atoms in total. The number of H-pyrrole nitrogens is 1. The number of hydrogen-bond acceptors (Lipinski definition) is 4. The summed E-state index contributed by atoms with van der Waals surface area (Å²) in [5.74, 6) is 1.13. The van der Waals surface area contributed by atoms with Gasteiger partial charge in [-0.2, -0.15) is 11.3 Å². The van der Waals surface area contributed by atoms with E-state index in [1.54, 1.807) is 11.3 Å². The van der Waals surface area contributed by atoms with Crippen LogP contribution in [0, 0.1) is 0 Å². The molecule has 6 heteroatoms. The Morgan fingerprint density at radius 3 is 2.62 bits per heavy atom. The Balaban J connectivity index is 1.39. The van der Waals surface area contributed by atoms with Crippen LogP contribution in [0.3, 0.4) is 0 Å². The maximum absolute atomic E-state index is 11.3. The quantitative estimate of drug-likeness (QED) is 0.208. The first-order valence-electron chi connectivity index (χ1n) is 10.4. The number of aromatic amines is 1. The normalized spacial score (nSPS) is 11.1. The number of rotatable bonds is 7. The molecule has 0 saturated carbocycles. The Kier molecular flexibility index (Phi) is 5.52. The van der Waals surface area contributed by atoms with Gasteiger partial charge < -0.3 is 19.6 Å². The molecule has 0 unspecified atom stereocenters. The highest BCUT2D eigenvalue weighted by Crippen LogP contribution is 2.36. The molecule has 160 valence electrons. The second-order valence-corrected chi connectivity index (χ2v) is 8.25. The molecule has 0 radical (unpaired) electrons. The molecule has 5 aromatic rings. The van der Waals surface area contributed by atoms with E-state index in [0.717, 1.165) is 50.5 Å². The monoisotopic (exact) mass is 443 g/mol. The molecular formula is C26H21NO4S. The van der Waals surface area contributed by atoms with Crippen molar-refractivity contribution in [2.45, 2.75) is 12.8 Å².